The molecule has 1 N–H and O–H groups in total. The second-order valence-corrected chi connectivity index (χ2v) is 6.13. The third-order valence-electron chi connectivity index (χ3n) is 4.30. The number of ether oxygens (including phenoxy) is 1. The number of hydrogen-bond donors (Lipinski definition) is 1. The molecule has 1 aromatic heterocycles. The zero-order valence-corrected chi connectivity index (χ0v) is 14.3. The zero-order valence-electron chi connectivity index (χ0n) is 14.3. The molecule has 1 atom stereocenters. The molecule has 0 aliphatic carbocycles. The van der Waals surface area contributed by atoms with E-state index in [1.54, 1.807) is 11.0 Å². The summed E-state index contributed by atoms with van der Waals surface area (Å²) in [6.07, 6.45) is 3.08. The van der Waals surface area contributed by atoms with Crippen molar-refractivity contribution in [3.63, 3.8) is 0 Å². The number of rotatable bonds is 2. The Morgan fingerprint density at radius 3 is 2.84 bits per heavy atom. The van der Waals surface area contributed by atoms with Crippen molar-refractivity contribution in [1.82, 2.24) is 14.9 Å². The van der Waals surface area contributed by atoms with Gasteiger partial charge in [0.25, 0.3) is 0 Å². The Bertz CT molecular complexity index is 751. The number of nitrogens with one attached hydrogen (secondary N) is 1. The number of hydrogen-bond acceptors (Lipinski definition) is 4. The van der Waals surface area contributed by atoms with Crippen LogP contribution in [0.15, 0.2) is 30.6 Å². The largest absolute Gasteiger partial charge is 0.380 e. The van der Waals surface area contributed by atoms with Crippen molar-refractivity contribution >= 4 is 11.7 Å². The zero-order chi connectivity index (χ0) is 17.8. The molecule has 1 fully saturated rings. The average Bonchev–Trinajstić information content (AvgIpc) is 2.82. The van der Waals surface area contributed by atoms with Crippen LogP contribution in [0.3, 0.4) is 0 Å². The summed E-state index contributed by atoms with van der Waals surface area (Å²) in [6.45, 7) is 5.71. The normalized spacial score (nSPS) is 17.9. The highest BCUT2D eigenvalue weighted by Crippen LogP contribution is 2.24. The quantitative estimate of drug-likeness (QED) is 0.908. The summed E-state index contributed by atoms with van der Waals surface area (Å²) in [5, 5.41) is 2.92. The van der Waals surface area contributed by atoms with Crippen molar-refractivity contribution in [3.8, 4) is 11.4 Å². The molecule has 1 aromatic carbocycles. The molecular formula is C18H21FN4O2. The number of amides is 2. The first kappa shape index (κ1) is 17.3. The molecule has 2 amide bonds. The SMILES string of the molecule is Cc1ccc(NC(=O)N2CCOCCC2C)cc1-c1ncc(F)cn1. The van der Waals surface area contributed by atoms with Crippen LogP contribution in [0.4, 0.5) is 14.9 Å². The summed E-state index contributed by atoms with van der Waals surface area (Å²) in [7, 11) is 0. The Kier molecular flexibility index (Phi) is 5.23. The van der Waals surface area contributed by atoms with E-state index in [1.807, 2.05) is 26.0 Å². The first-order chi connectivity index (χ1) is 12.0. The Morgan fingerprint density at radius 1 is 1.32 bits per heavy atom. The van der Waals surface area contributed by atoms with Crippen molar-refractivity contribution in [1.29, 1.82) is 0 Å². The highest BCUT2D eigenvalue weighted by molar-refractivity contribution is 5.90. The van der Waals surface area contributed by atoms with Crippen LogP contribution in [0.1, 0.15) is 18.9 Å². The minimum Gasteiger partial charge on any atom is -0.380 e. The summed E-state index contributed by atoms with van der Waals surface area (Å²) in [5.74, 6) is -0.0604. The smallest absolute Gasteiger partial charge is 0.322 e. The van der Waals surface area contributed by atoms with Gasteiger partial charge >= 0.3 is 6.03 Å². The van der Waals surface area contributed by atoms with Gasteiger partial charge in [-0.25, -0.2) is 19.2 Å². The highest BCUT2D eigenvalue weighted by atomic mass is 19.1. The van der Waals surface area contributed by atoms with E-state index in [0.29, 0.717) is 31.3 Å². The standard InChI is InChI=1S/C18H21FN4O2/c1-12-3-4-15(9-16(12)17-20-10-14(19)11-21-17)22-18(24)23-6-8-25-7-5-13(23)2/h3-4,9-11,13H,5-8H2,1-2H3,(H,22,24). The van der Waals surface area contributed by atoms with Crippen LogP contribution in [0.5, 0.6) is 0 Å². The van der Waals surface area contributed by atoms with Crippen LogP contribution in [0.2, 0.25) is 0 Å². The molecule has 25 heavy (non-hydrogen) atoms. The molecule has 1 aliphatic heterocycles. The summed E-state index contributed by atoms with van der Waals surface area (Å²) in [6, 6.07) is 5.48. The topological polar surface area (TPSA) is 67.4 Å². The lowest BCUT2D eigenvalue weighted by Gasteiger charge is -2.26. The van der Waals surface area contributed by atoms with Crippen LogP contribution in [-0.2, 0) is 4.74 Å². The Morgan fingerprint density at radius 2 is 2.08 bits per heavy atom. The molecule has 1 saturated heterocycles. The third-order valence-corrected chi connectivity index (χ3v) is 4.30. The van der Waals surface area contributed by atoms with Gasteiger partial charge in [0.2, 0.25) is 0 Å². The van der Waals surface area contributed by atoms with E-state index in [2.05, 4.69) is 15.3 Å². The van der Waals surface area contributed by atoms with Crippen LogP contribution in [0, 0.1) is 12.7 Å². The van der Waals surface area contributed by atoms with Gasteiger partial charge in [-0.1, -0.05) is 6.07 Å². The van der Waals surface area contributed by atoms with Gasteiger partial charge in [-0.3, -0.25) is 0 Å². The molecule has 0 spiro atoms. The van der Waals surface area contributed by atoms with E-state index in [0.717, 1.165) is 29.9 Å². The van der Waals surface area contributed by atoms with Crippen molar-refractivity contribution in [2.24, 2.45) is 0 Å². The van der Waals surface area contributed by atoms with Crippen molar-refractivity contribution in [3.05, 3.63) is 42.0 Å². The minimum absolute atomic E-state index is 0.118. The van der Waals surface area contributed by atoms with E-state index in [-0.39, 0.29) is 12.1 Å². The van der Waals surface area contributed by atoms with Crippen LogP contribution in [-0.4, -0.2) is 46.7 Å². The first-order valence-electron chi connectivity index (χ1n) is 8.28. The Hall–Kier alpha value is -2.54. The fraction of sp³-hybridized carbons (Fsp3) is 0.389. The van der Waals surface area contributed by atoms with Gasteiger partial charge in [-0.05, 0) is 38.0 Å². The third kappa shape index (κ3) is 4.11. The second-order valence-electron chi connectivity index (χ2n) is 6.13. The minimum atomic E-state index is -0.483. The molecule has 6 nitrogen and oxygen atoms in total. The maximum atomic E-state index is 13.0. The molecule has 1 unspecified atom stereocenters. The summed E-state index contributed by atoms with van der Waals surface area (Å²) in [4.78, 5) is 22.4. The van der Waals surface area contributed by atoms with Crippen molar-refractivity contribution in [2.45, 2.75) is 26.3 Å². The average molecular weight is 344 g/mol. The van der Waals surface area contributed by atoms with Gasteiger partial charge in [0.15, 0.2) is 11.6 Å². The van der Waals surface area contributed by atoms with E-state index >= 15 is 0 Å². The number of carbonyl (C=O) groups excluding carboxylic acids is 1. The molecule has 0 radical (unpaired) electrons. The number of halogens is 1. The summed E-state index contributed by atoms with van der Waals surface area (Å²) in [5.41, 5.74) is 2.35. The number of benzene rings is 1. The summed E-state index contributed by atoms with van der Waals surface area (Å²) < 4.78 is 18.5. The predicted octanol–water partition coefficient (Wildman–Crippen LogP) is 3.23. The van der Waals surface area contributed by atoms with E-state index < -0.39 is 5.82 Å². The van der Waals surface area contributed by atoms with E-state index in [1.165, 1.54) is 0 Å². The fourth-order valence-corrected chi connectivity index (χ4v) is 2.78. The maximum absolute atomic E-state index is 13.0. The number of anilines is 1. The van der Waals surface area contributed by atoms with Gasteiger partial charge < -0.3 is 15.0 Å². The monoisotopic (exact) mass is 344 g/mol. The number of nitrogens with zero attached hydrogens (tertiary/aromatic N) is 3. The van der Waals surface area contributed by atoms with Crippen molar-refractivity contribution < 1.29 is 13.9 Å². The molecule has 0 saturated carbocycles. The van der Waals surface area contributed by atoms with Crippen LogP contribution >= 0.6 is 0 Å². The number of urea groups is 1. The number of carbonyl (C=O) groups is 1. The van der Waals surface area contributed by atoms with Gasteiger partial charge in [-0.2, -0.15) is 0 Å². The molecule has 2 heterocycles. The maximum Gasteiger partial charge on any atom is 0.322 e. The molecule has 132 valence electrons. The fourth-order valence-electron chi connectivity index (χ4n) is 2.78. The van der Waals surface area contributed by atoms with E-state index in [4.69, 9.17) is 4.74 Å². The van der Waals surface area contributed by atoms with Gasteiger partial charge in [0, 0.05) is 30.4 Å². The molecule has 2 aromatic rings. The molecule has 7 heteroatoms. The number of aromatic nitrogens is 2. The molecule has 3 rings (SSSR count). The van der Waals surface area contributed by atoms with Gasteiger partial charge in [0.05, 0.1) is 19.0 Å². The number of aryl methyl sites for hydroxylation is 1. The first-order valence-corrected chi connectivity index (χ1v) is 8.28. The molecule has 0 bridgehead atoms. The predicted molar refractivity (Wildman–Crippen MR) is 92.8 cm³/mol. The van der Waals surface area contributed by atoms with Crippen molar-refractivity contribution in [2.75, 3.05) is 25.1 Å². The molecular weight excluding hydrogens is 323 g/mol. The lowest BCUT2D eigenvalue weighted by Crippen LogP contribution is -2.42. The van der Waals surface area contributed by atoms with E-state index in [9.17, 15) is 9.18 Å². The van der Waals surface area contributed by atoms with Crippen LogP contribution in [0.25, 0.3) is 11.4 Å². The second kappa shape index (κ2) is 7.57. The Labute approximate surface area is 146 Å². The van der Waals surface area contributed by atoms with Gasteiger partial charge in [0.1, 0.15) is 0 Å². The molecule has 1 aliphatic rings. The highest BCUT2D eigenvalue weighted by Gasteiger charge is 2.22. The summed E-state index contributed by atoms with van der Waals surface area (Å²) >= 11 is 0. The lowest BCUT2D eigenvalue weighted by molar-refractivity contribution is 0.143. The Balaban J connectivity index is 1.80. The van der Waals surface area contributed by atoms with Gasteiger partial charge in [-0.15, -0.1) is 0 Å². The lowest BCUT2D eigenvalue weighted by atomic mass is 10.1. The van der Waals surface area contributed by atoms with Crippen LogP contribution < -0.4 is 5.32 Å².